The third-order valence-electron chi connectivity index (χ3n) is 2.44. The molecule has 0 fully saturated rings. The van der Waals surface area contributed by atoms with Gasteiger partial charge in [0.25, 0.3) is 0 Å². The second-order valence-electron chi connectivity index (χ2n) is 3.85. The summed E-state index contributed by atoms with van der Waals surface area (Å²) < 4.78 is 40.5. The first kappa shape index (κ1) is 14.9. The minimum atomic E-state index is -4.76. The van der Waals surface area contributed by atoms with Crippen LogP contribution in [0.2, 0.25) is 0 Å². The number of rotatable bonds is 5. The number of aromatic carboxylic acids is 1. The highest BCUT2D eigenvalue weighted by atomic mass is 19.4. The van der Waals surface area contributed by atoms with Crippen molar-refractivity contribution < 1.29 is 27.8 Å². The molecule has 2 aromatic heterocycles. The number of halogens is 3. The van der Waals surface area contributed by atoms with Gasteiger partial charge in [0.2, 0.25) is 0 Å². The average molecular weight is 302 g/mol. The first-order valence-corrected chi connectivity index (χ1v) is 5.66. The van der Waals surface area contributed by atoms with Gasteiger partial charge in [-0.2, -0.15) is 0 Å². The lowest BCUT2D eigenvalue weighted by atomic mass is 10.1. The van der Waals surface area contributed by atoms with E-state index in [9.17, 15) is 18.0 Å². The molecule has 0 atom stereocenters. The average Bonchev–Trinajstić information content (AvgIpc) is 2.82. The molecule has 0 amide bonds. The molecule has 0 aliphatic heterocycles. The maximum Gasteiger partial charge on any atom is 0.522 e. The van der Waals surface area contributed by atoms with E-state index in [2.05, 4.69) is 20.0 Å². The molecule has 0 aliphatic rings. The number of ether oxygens (including phenoxy) is 1. The topological polar surface area (TPSA) is 90.1 Å². The number of aromatic nitrogens is 4. The quantitative estimate of drug-likeness (QED) is 0.901. The van der Waals surface area contributed by atoms with Crippen LogP contribution in [0.5, 0.6) is 0 Å². The van der Waals surface area contributed by atoms with Crippen molar-refractivity contribution in [1.29, 1.82) is 0 Å². The van der Waals surface area contributed by atoms with E-state index in [1.807, 2.05) is 0 Å². The molecule has 2 rings (SSSR count). The van der Waals surface area contributed by atoms with Crippen LogP contribution < -0.4 is 0 Å². The summed E-state index contributed by atoms with van der Waals surface area (Å²) >= 11 is 0. The fourth-order valence-corrected chi connectivity index (χ4v) is 1.65. The molecule has 10 heteroatoms. The van der Waals surface area contributed by atoms with Gasteiger partial charge in [0.1, 0.15) is 5.69 Å². The van der Waals surface area contributed by atoms with Gasteiger partial charge < -0.3 is 5.11 Å². The third kappa shape index (κ3) is 3.75. The fraction of sp³-hybridized carbons (Fsp3) is 0.273. The standard InChI is InChI=1S/C11H9F3N4O3/c12-11(13,14)21-5-4-18-9(7-2-1-3-15-6-7)8(10(19)20)16-17-18/h1-3,6H,4-5H2,(H,19,20). The van der Waals surface area contributed by atoms with Crippen molar-refractivity contribution in [2.24, 2.45) is 0 Å². The monoisotopic (exact) mass is 302 g/mol. The predicted molar refractivity (Wildman–Crippen MR) is 62.2 cm³/mol. The summed E-state index contributed by atoms with van der Waals surface area (Å²) in [7, 11) is 0. The summed E-state index contributed by atoms with van der Waals surface area (Å²) in [5.74, 6) is -1.34. The van der Waals surface area contributed by atoms with Gasteiger partial charge in [-0.25, -0.2) is 9.48 Å². The number of nitrogens with zero attached hydrogens (tertiary/aromatic N) is 4. The molecular weight excluding hydrogens is 293 g/mol. The lowest BCUT2D eigenvalue weighted by molar-refractivity contribution is -0.325. The zero-order valence-corrected chi connectivity index (χ0v) is 10.4. The van der Waals surface area contributed by atoms with Gasteiger partial charge in [0, 0.05) is 18.0 Å². The van der Waals surface area contributed by atoms with Crippen molar-refractivity contribution in [3.05, 3.63) is 30.2 Å². The van der Waals surface area contributed by atoms with E-state index in [1.165, 1.54) is 12.4 Å². The molecule has 0 saturated heterocycles. The Morgan fingerprint density at radius 1 is 1.43 bits per heavy atom. The molecule has 0 bridgehead atoms. The highest BCUT2D eigenvalue weighted by molar-refractivity contribution is 5.92. The van der Waals surface area contributed by atoms with Crippen molar-refractivity contribution in [3.8, 4) is 11.3 Å². The molecular formula is C11H9F3N4O3. The summed E-state index contributed by atoms with van der Waals surface area (Å²) in [6.45, 7) is -1.01. The molecule has 0 spiro atoms. The van der Waals surface area contributed by atoms with Crippen molar-refractivity contribution in [2.75, 3.05) is 6.61 Å². The SMILES string of the molecule is O=C(O)c1nnn(CCOC(F)(F)F)c1-c1cccnc1. The lowest BCUT2D eigenvalue weighted by Gasteiger charge is -2.09. The van der Waals surface area contributed by atoms with Crippen molar-refractivity contribution in [2.45, 2.75) is 12.9 Å². The first-order valence-electron chi connectivity index (χ1n) is 5.66. The van der Waals surface area contributed by atoms with Crippen LogP contribution in [0.25, 0.3) is 11.3 Å². The maximum atomic E-state index is 11.9. The van der Waals surface area contributed by atoms with E-state index >= 15 is 0 Å². The number of carboxylic acid groups (broad SMARTS) is 1. The van der Waals surface area contributed by atoms with E-state index in [0.717, 1.165) is 4.68 Å². The molecule has 1 N–H and O–H groups in total. The second-order valence-corrected chi connectivity index (χ2v) is 3.85. The Kier molecular flexibility index (Phi) is 4.17. The van der Waals surface area contributed by atoms with Crippen LogP contribution in [0.1, 0.15) is 10.5 Å². The number of carbonyl (C=O) groups is 1. The molecule has 0 radical (unpaired) electrons. The molecule has 0 saturated carbocycles. The van der Waals surface area contributed by atoms with E-state index < -0.39 is 18.9 Å². The highest BCUT2D eigenvalue weighted by Crippen LogP contribution is 2.22. The number of hydrogen-bond acceptors (Lipinski definition) is 5. The minimum Gasteiger partial charge on any atom is -0.476 e. The Morgan fingerprint density at radius 3 is 2.76 bits per heavy atom. The Labute approximate surface area is 116 Å². The molecule has 2 heterocycles. The Balaban J connectivity index is 2.28. The molecule has 0 aromatic carbocycles. The highest BCUT2D eigenvalue weighted by Gasteiger charge is 2.29. The van der Waals surface area contributed by atoms with Gasteiger partial charge in [-0.3, -0.25) is 9.72 Å². The Morgan fingerprint density at radius 2 is 2.19 bits per heavy atom. The minimum absolute atomic E-state index is 0.0707. The zero-order chi connectivity index (χ0) is 15.5. The molecule has 7 nitrogen and oxygen atoms in total. The van der Waals surface area contributed by atoms with Crippen LogP contribution in [0, 0.1) is 0 Å². The van der Waals surface area contributed by atoms with Crippen LogP contribution >= 0.6 is 0 Å². The van der Waals surface area contributed by atoms with Crippen LogP contribution in [-0.2, 0) is 11.3 Å². The predicted octanol–water partition coefficient (Wildman–Crippen LogP) is 1.57. The molecule has 21 heavy (non-hydrogen) atoms. The first-order chi connectivity index (χ1) is 9.88. The van der Waals surface area contributed by atoms with E-state index in [0.29, 0.717) is 5.56 Å². The van der Waals surface area contributed by atoms with E-state index in [1.54, 1.807) is 12.1 Å². The fourth-order valence-electron chi connectivity index (χ4n) is 1.65. The summed E-state index contributed by atoms with van der Waals surface area (Å²) in [6.07, 6.45) is -1.91. The van der Waals surface area contributed by atoms with Gasteiger partial charge in [-0.1, -0.05) is 5.21 Å². The van der Waals surface area contributed by atoms with Crippen LogP contribution in [0.4, 0.5) is 13.2 Å². The van der Waals surface area contributed by atoms with Crippen LogP contribution in [-0.4, -0.2) is 44.0 Å². The number of hydrogen-bond donors (Lipinski definition) is 1. The summed E-state index contributed by atoms with van der Waals surface area (Å²) in [6, 6.07) is 3.11. The molecule has 2 aromatic rings. The van der Waals surface area contributed by atoms with Crippen molar-refractivity contribution in [1.82, 2.24) is 20.0 Å². The normalized spacial score (nSPS) is 11.6. The summed E-state index contributed by atoms with van der Waals surface area (Å²) in [5.41, 5.74) is 0.0864. The maximum absolute atomic E-state index is 11.9. The smallest absolute Gasteiger partial charge is 0.476 e. The van der Waals surface area contributed by atoms with Gasteiger partial charge in [-0.05, 0) is 12.1 Å². The van der Waals surface area contributed by atoms with Crippen molar-refractivity contribution >= 4 is 5.97 Å². The van der Waals surface area contributed by atoms with Gasteiger partial charge >= 0.3 is 12.3 Å². The Hall–Kier alpha value is -2.49. The van der Waals surface area contributed by atoms with E-state index in [-0.39, 0.29) is 17.9 Å². The van der Waals surface area contributed by atoms with Crippen molar-refractivity contribution in [3.63, 3.8) is 0 Å². The number of alkyl halides is 3. The summed E-state index contributed by atoms with van der Waals surface area (Å²) in [5, 5.41) is 16.0. The molecule has 0 aliphatic carbocycles. The third-order valence-corrected chi connectivity index (χ3v) is 2.44. The van der Waals surface area contributed by atoms with E-state index in [4.69, 9.17) is 5.11 Å². The number of carboxylic acids is 1. The lowest BCUT2D eigenvalue weighted by Crippen LogP contribution is -2.18. The number of pyridine rings is 1. The second kappa shape index (κ2) is 5.87. The van der Waals surface area contributed by atoms with Gasteiger partial charge in [0.05, 0.1) is 13.2 Å². The van der Waals surface area contributed by atoms with Gasteiger partial charge in [0.15, 0.2) is 5.69 Å². The largest absolute Gasteiger partial charge is 0.522 e. The van der Waals surface area contributed by atoms with Crippen LogP contribution in [0.3, 0.4) is 0 Å². The summed E-state index contributed by atoms with van der Waals surface area (Å²) in [4.78, 5) is 14.9. The Bertz CT molecular complexity index is 627. The van der Waals surface area contributed by atoms with Gasteiger partial charge in [-0.15, -0.1) is 18.3 Å². The molecule has 112 valence electrons. The van der Waals surface area contributed by atoms with Crippen LogP contribution in [0.15, 0.2) is 24.5 Å². The zero-order valence-electron chi connectivity index (χ0n) is 10.4. The molecule has 0 unspecified atom stereocenters.